The van der Waals surface area contributed by atoms with Gasteiger partial charge in [0.25, 0.3) is 0 Å². The van der Waals surface area contributed by atoms with Crippen molar-refractivity contribution >= 4 is 5.91 Å². The van der Waals surface area contributed by atoms with E-state index in [0.717, 1.165) is 38.5 Å². The van der Waals surface area contributed by atoms with Gasteiger partial charge in [-0.15, -0.1) is 0 Å². The molecule has 0 radical (unpaired) electrons. The molecule has 0 fully saturated rings. The summed E-state index contributed by atoms with van der Waals surface area (Å²) in [5.41, 5.74) is 0. The zero-order chi connectivity index (χ0) is 35.0. The van der Waals surface area contributed by atoms with E-state index in [1.807, 2.05) is 6.08 Å². The molecule has 1 amide bonds. The molecule has 0 spiro atoms. The Morgan fingerprint density at radius 3 is 1.23 bits per heavy atom. The summed E-state index contributed by atoms with van der Waals surface area (Å²) in [5.74, 6) is -0.0839. The first-order valence-corrected chi connectivity index (χ1v) is 20.9. The Morgan fingerprint density at radius 2 is 0.812 bits per heavy atom. The third-order valence-electron chi connectivity index (χ3n) is 9.26. The molecule has 0 bridgehead atoms. The van der Waals surface area contributed by atoms with Crippen molar-refractivity contribution in [3.05, 3.63) is 48.6 Å². The van der Waals surface area contributed by atoms with Crippen molar-refractivity contribution in [1.29, 1.82) is 0 Å². The maximum absolute atomic E-state index is 12.3. The number of rotatable bonds is 37. The third kappa shape index (κ3) is 35.7. The van der Waals surface area contributed by atoms with Crippen LogP contribution in [0.25, 0.3) is 0 Å². The zero-order valence-corrected chi connectivity index (χ0v) is 32.0. The largest absolute Gasteiger partial charge is 0.394 e. The highest BCUT2D eigenvalue weighted by molar-refractivity contribution is 5.76. The number of unbranched alkanes of at least 4 members (excludes halogenated alkanes) is 24. The number of allylic oxidation sites excluding steroid dienone is 7. The van der Waals surface area contributed by atoms with E-state index in [4.69, 9.17) is 0 Å². The average Bonchev–Trinajstić information content (AvgIpc) is 3.09. The maximum atomic E-state index is 12.3. The van der Waals surface area contributed by atoms with Crippen molar-refractivity contribution in [2.45, 2.75) is 219 Å². The van der Waals surface area contributed by atoms with Gasteiger partial charge < -0.3 is 15.5 Å². The monoisotopic (exact) mass is 672 g/mol. The summed E-state index contributed by atoms with van der Waals surface area (Å²) in [6.45, 7) is 4.27. The molecule has 0 heterocycles. The smallest absolute Gasteiger partial charge is 0.220 e. The van der Waals surface area contributed by atoms with Crippen LogP contribution in [-0.4, -0.2) is 34.9 Å². The Balaban J connectivity index is 3.62. The lowest BCUT2D eigenvalue weighted by Crippen LogP contribution is -2.45. The Labute approximate surface area is 299 Å². The summed E-state index contributed by atoms with van der Waals surface area (Å²) in [6.07, 6.45) is 53.5. The standard InChI is InChI=1S/C44H81NO3/c1-3-5-7-9-11-13-15-17-19-20-21-22-23-24-25-26-28-30-32-34-36-38-40-44(48)45-42(41-46)43(47)39-37-35-33-31-29-27-18-16-14-12-10-8-6-4-2/h14,16,23-24,29,31,37,39,42-43,46-47H,3-13,15,17-22,25-28,30,32-36,38,40-41H2,1-2H3,(H,45,48)/b16-14+,24-23-,31-29+,39-37+. The predicted octanol–water partition coefficient (Wildman–Crippen LogP) is 12.8. The van der Waals surface area contributed by atoms with E-state index >= 15 is 0 Å². The molecule has 4 heteroatoms. The molecule has 2 unspecified atom stereocenters. The molecular weight excluding hydrogens is 590 g/mol. The van der Waals surface area contributed by atoms with Gasteiger partial charge >= 0.3 is 0 Å². The maximum Gasteiger partial charge on any atom is 0.220 e. The van der Waals surface area contributed by atoms with Gasteiger partial charge in [-0.3, -0.25) is 4.79 Å². The molecule has 4 nitrogen and oxygen atoms in total. The lowest BCUT2D eigenvalue weighted by Gasteiger charge is -2.19. The lowest BCUT2D eigenvalue weighted by molar-refractivity contribution is -0.123. The van der Waals surface area contributed by atoms with Crippen LogP contribution in [0.15, 0.2) is 48.6 Å². The van der Waals surface area contributed by atoms with Gasteiger partial charge in [-0.2, -0.15) is 0 Å². The van der Waals surface area contributed by atoms with Gasteiger partial charge in [-0.05, 0) is 70.6 Å². The van der Waals surface area contributed by atoms with Crippen LogP contribution in [0.1, 0.15) is 206 Å². The molecule has 0 rings (SSSR count). The molecule has 0 saturated heterocycles. The minimum atomic E-state index is -0.871. The van der Waals surface area contributed by atoms with E-state index in [2.05, 4.69) is 55.6 Å². The van der Waals surface area contributed by atoms with E-state index < -0.39 is 12.1 Å². The minimum Gasteiger partial charge on any atom is -0.394 e. The van der Waals surface area contributed by atoms with Crippen LogP contribution in [0.4, 0.5) is 0 Å². The number of nitrogens with one attached hydrogen (secondary N) is 1. The van der Waals surface area contributed by atoms with Gasteiger partial charge in [-0.1, -0.05) is 178 Å². The lowest BCUT2D eigenvalue weighted by atomic mass is 10.0. The Hall–Kier alpha value is -1.65. The zero-order valence-electron chi connectivity index (χ0n) is 32.0. The number of aliphatic hydroxyl groups excluding tert-OH is 2. The highest BCUT2D eigenvalue weighted by Gasteiger charge is 2.17. The molecule has 0 aromatic rings. The van der Waals surface area contributed by atoms with Gasteiger partial charge in [0.05, 0.1) is 18.8 Å². The molecule has 3 N–H and O–H groups in total. The van der Waals surface area contributed by atoms with Crippen LogP contribution in [0, 0.1) is 0 Å². The molecule has 0 aliphatic carbocycles. The number of amides is 1. The van der Waals surface area contributed by atoms with Crippen LogP contribution >= 0.6 is 0 Å². The van der Waals surface area contributed by atoms with Crippen molar-refractivity contribution in [2.75, 3.05) is 6.61 Å². The summed E-state index contributed by atoms with van der Waals surface area (Å²) < 4.78 is 0. The third-order valence-corrected chi connectivity index (χ3v) is 9.26. The van der Waals surface area contributed by atoms with Gasteiger partial charge in [0.2, 0.25) is 5.91 Å². The van der Waals surface area contributed by atoms with Crippen LogP contribution in [0.3, 0.4) is 0 Å². The van der Waals surface area contributed by atoms with Crippen molar-refractivity contribution in [2.24, 2.45) is 0 Å². The Bertz CT molecular complexity index is 771. The number of carbonyl (C=O) groups excluding carboxylic acids is 1. The highest BCUT2D eigenvalue weighted by Crippen LogP contribution is 2.13. The van der Waals surface area contributed by atoms with E-state index in [1.54, 1.807) is 6.08 Å². The Morgan fingerprint density at radius 1 is 0.479 bits per heavy atom. The molecule has 0 aromatic carbocycles. The summed E-state index contributed by atoms with van der Waals surface area (Å²) in [4.78, 5) is 12.3. The van der Waals surface area contributed by atoms with Gasteiger partial charge in [0.1, 0.15) is 0 Å². The van der Waals surface area contributed by atoms with Crippen LogP contribution in [0.2, 0.25) is 0 Å². The molecule has 0 aliphatic heterocycles. The fourth-order valence-electron chi connectivity index (χ4n) is 6.03. The number of hydrogen-bond donors (Lipinski definition) is 3. The second-order valence-corrected chi connectivity index (χ2v) is 14.0. The molecule has 48 heavy (non-hydrogen) atoms. The van der Waals surface area contributed by atoms with E-state index in [0.29, 0.717) is 6.42 Å². The van der Waals surface area contributed by atoms with E-state index in [-0.39, 0.29) is 12.5 Å². The van der Waals surface area contributed by atoms with E-state index in [1.165, 1.54) is 148 Å². The van der Waals surface area contributed by atoms with Gasteiger partial charge in [0, 0.05) is 6.42 Å². The number of aliphatic hydroxyl groups is 2. The van der Waals surface area contributed by atoms with Crippen LogP contribution in [0.5, 0.6) is 0 Å². The second-order valence-electron chi connectivity index (χ2n) is 14.0. The first kappa shape index (κ1) is 46.4. The van der Waals surface area contributed by atoms with Gasteiger partial charge in [-0.25, -0.2) is 0 Å². The normalized spacial score (nSPS) is 13.5. The fraction of sp³-hybridized carbons (Fsp3) is 0.795. The molecular formula is C44H81NO3. The molecule has 2 atom stereocenters. The molecule has 0 saturated carbocycles. The predicted molar refractivity (Wildman–Crippen MR) is 211 cm³/mol. The van der Waals surface area contributed by atoms with E-state index in [9.17, 15) is 15.0 Å². The van der Waals surface area contributed by atoms with Crippen LogP contribution in [-0.2, 0) is 4.79 Å². The topological polar surface area (TPSA) is 69.6 Å². The minimum absolute atomic E-state index is 0.0839. The molecule has 0 aromatic heterocycles. The first-order valence-electron chi connectivity index (χ1n) is 20.9. The number of carbonyl (C=O) groups is 1. The Kier molecular flexibility index (Phi) is 38.4. The summed E-state index contributed by atoms with van der Waals surface area (Å²) in [6, 6.07) is -0.646. The van der Waals surface area contributed by atoms with Crippen molar-refractivity contribution in [1.82, 2.24) is 5.32 Å². The van der Waals surface area contributed by atoms with Crippen molar-refractivity contribution < 1.29 is 15.0 Å². The second kappa shape index (κ2) is 39.8. The highest BCUT2D eigenvalue weighted by atomic mass is 16.3. The first-order chi connectivity index (χ1) is 23.7. The van der Waals surface area contributed by atoms with Crippen molar-refractivity contribution in [3.8, 4) is 0 Å². The summed E-state index contributed by atoms with van der Waals surface area (Å²) in [5, 5.41) is 22.9. The average molecular weight is 672 g/mol. The summed E-state index contributed by atoms with van der Waals surface area (Å²) >= 11 is 0. The SMILES string of the molecule is CCCCCC/C=C/CC/C=C/CC/C=C/C(O)C(CO)NC(=O)CCCCCCCCC/C=C\CCCCCCCCCCCCC. The fourth-order valence-corrected chi connectivity index (χ4v) is 6.03. The van der Waals surface area contributed by atoms with Crippen LogP contribution < -0.4 is 5.32 Å². The number of hydrogen-bond acceptors (Lipinski definition) is 3. The molecule has 0 aliphatic rings. The molecule has 280 valence electrons. The van der Waals surface area contributed by atoms with Gasteiger partial charge in [0.15, 0.2) is 0 Å². The summed E-state index contributed by atoms with van der Waals surface area (Å²) in [7, 11) is 0. The quantitative estimate of drug-likeness (QED) is 0.0455. The van der Waals surface area contributed by atoms with Crippen molar-refractivity contribution in [3.63, 3.8) is 0 Å².